The summed E-state index contributed by atoms with van der Waals surface area (Å²) in [5.74, 6) is 0.756. The van der Waals surface area contributed by atoms with Crippen LogP contribution in [0.2, 0.25) is 0 Å². The first-order chi connectivity index (χ1) is 9.16. The lowest BCUT2D eigenvalue weighted by Gasteiger charge is -2.38. The molecule has 1 aliphatic rings. The summed E-state index contributed by atoms with van der Waals surface area (Å²) in [4.78, 5) is 0. The minimum absolute atomic E-state index is 0.116. The van der Waals surface area contributed by atoms with Gasteiger partial charge in [0.2, 0.25) is 0 Å². The molecule has 102 valence electrons. The number of hydrogen-bond acceptors (Lipinski definition) is 5. The predicted octanol–water partition coefficient (Wildman–Crippen LogP) is 1.11. The molecule has 1 heterocycles. The Kier molecular flexibility index (Phi) is 4.05. The number of nitriles is 1. The molecule has 0 saturated carbocycles. The normalized spacial score (nSPS) is 23.3. The van der Waals surface area contributed by atoms with Crippen LogP contribution in [-0.2, 0) is 15.9 Å². The van der Waals surface area contributed by atoms with E-state index in [1.54, 1.807) is 0 Å². The van der Waals surface area contributed by atoms with E-state index in [2.05, 4.69) is 6.07 Å². The first-order valence-electron chi connectivity index (χ1n) is 6.02. The van der Waals surface area contributed by atoms with Crippen molar-refractivity contribution >= 4 is 0 Å². The third-order valence-electron chi connectivity index (χ3n) is 3.47. The second-order valence-electron chi connectivity index (χ2n) is 4.63. The van der Waals surface area contributed by atoms with E-state index in [4.69, 9.17) is 14.2 Å². The lowest BCUT2D eigenvalue weighted by molar-refractivity contribution is -0.194. The van der Waals surface area contributed by atoms with Crippen LogP contribution in [0.5, 0.6) is 5.75 Å². The molecule has 19 heavy (non-hydrogen) atoms. The van der Waals surface area contributed by atoms with E-state index in [0.717, 1.165) is 11.3 Å². The van der Waals surface area contributed by atoms with E-state index in [1.165, 1.54) is 14.2 Å². The molecule has 0 radical (unpaired) electrons. The van der Waals surface area contributed by atoms with Crippen molar-refractivity contribution in [3.05, 3.63) is 29.8 Å². The number of hydrogen-bond donors (Lipinski definition) is 1. The summed E-state index contributed by atoms with van der Waals surface area (Å²) in [5.41, 5.74) is -0.161. The smallest absolute Gasteiger partial charge is 0.184 e. The van der Waals surface area contributed by atoms with Crippen LogP contribution in [0.4, 0.5) is 0 Å². The quantitative estimate of drug-likeness (QED) is 0.824. The van der Waals surface area contributed by atoms with Crippen molar-refractivity contribution in [3.8, 4) is 11.8 Å². The Morgan fingerprint density at radius 1 is 1.37 bits per heavy atom. The second-order valence-corrected chi connectivity index (χ2v) is 4.63. The molecule has 1 aliphatic heterocycles. The fourth-order valence-corrected chi connectivity index (χ4v) is 2.33. The molecule has 0 fully saturated rings. The lowest BCUT2D eigenvalue weighted by atomic mass is 9.76. The van der Waals surface area contributed by atoms with Crippen LogP contribution in [0.25, 0.3) is 0 Å². The Morgan fingerprint density at radius 2 is 2.05 bits per heavy atom. The number of fused-ring (bicyclic) bond motifs is 1. The van der Waals surface area contributed by atoms with Crippen LogP contribution in [-0.4, -0.2) is 38.3 Å². The number of methoxy groups -OCH3 is 2. The number of rotatable bonds is 4. The SMILES string of the molecule is COC(OC)C(O)C1(C#N)COc2ccccc2C1. The highest BCUT2D eigenvalue weighted by atomic mass is 16.7. The molecule has 5 heteroatoms. The van der Waals surface area contributed by atoms with E-state index in [9.17, 15) is 10.4 Å². The van der Waals surface area contributed by atoms with Crippen LogP contribution in [0, 0.1) is 16.7 Å². The van der Waals surface area contributed by atoms with Gasteiger partial charge >= 0.3 is 0 Å². The maximum atomic E-state index is 10.4. The monoisotopic (exact) mass is 263 g/mol. The molecule has 1 aromatic carbocycles. The molecule has 1 N–H and O–H groups in total. The zero-order valence-electron chi connectivity index (χ0n) is 11.0. The van der Waals surface area contributed by atoms with Gasteiger partial charge in [-0.15, -0.1) is 0 Å². The molecule has 2 atom stereocenters. The third-order valence-corrected chi connectivity index (χ3v) is 3.47. The van der Waals surface area contributed by atoms with Gasteiger partial charge in [0, 0.05) is 20.6 Å². The summed E-state index contributed by atoms with van der Waals surface area (Å²) in [6.07, 6.45) is -1.53. The molecule has 0 saturated heterocycles. The molecule has 0 spiro atoms. The Morgan fingerprint density at radius 3 is 2.68 bits per heavy atom. The highest BCUT2D eigenvalue weighted by molar-refractivity contribution is 5.38. The number of benzene rings is 1. The zero-order chi connectivity index (χ0) is 13.9. The van der Waals surface area contributed by atoms with E-state index >= 15 is 0 Å². The van der Waals surface area contributed by atoms with Gasteiger partial charge in [0.05, 0.1) is 6.07 Å². The molecule has 0 aliphatic carbocycles. The second kappa shape index (κ2) is 5.57. The molecule has 0 aromatic heterocycles. The van der Waals surface area contributed by atoms with Crippen molar-refractivity contribution in [2.45, 2.75) is 18.8 Å². The summed E-state index contributed by atoms with van der Waals surface area (Å²) in [5, 5.41) is 19.8. The van der Waals surface area contributed by atoms with E-state index in [0.29, 0.717) is 6.42 Å². The summed E-state index contributed by atoms with van der Waals surface area (Å²) in [6.45, 7) is 0.116. The topological polar surface area (TPSA) is 71.7 Å². The van der Waals surface area contributed by atoms with Crippen molar-refractivity contribution < 1.29 is 19.3 Å². The molecule has 2 unspecified atom stereocenters. The van der Waals surface area contributed by atoms with Gasteiger partial charge in [-0.25, -0.2) is 0 Å². The van der Waals surface area contributed by atoms with Crippen LogP contribution in [0.3, 0.4) is 0 Å². The highest BCUT2D eigenvalue weighted by Crippen LogP contribution is 2.37. The van der Waals surface area contributed by atoms with Gasteiger partial charge in [0.15, 0.2) is 6.29 Å². The van der Waals surface area contributed by atoms with Crippen LogP contribution in [0.15, 0.2) is 24.3 Å². The predicted molar refractivity (Wildman–Crippen MR) is 67.5 cm³/mol. The molecule has 2 rings (SSSR count). The van der Waals surface area contributed by atoms with E-state index in [1.807, 2.05) is 24.3 Å². The van der Waals surface area contributed by atoms with Crippen molar-refractivity contribution in [3.63, 3.8) is 0 Å². The molecule has 0 amide bonds. The number of aliphatic hydroxyl groups is 1. The minimum atomic E-state index is -1.08. The van der Waals surface area contributed by atoms with Crippen molar-refractivity contribution in [2.24, 2.45) is 5.41 Å². The van der Waals surface area contributed by atoms with Crippen molar-refractivity contribution in [1.29, 1.82) is 5.26 Å². The average Bonchev–Trinajstić information content (AvgIpc) is 2.47. The van der Waals surface area contributed by atoms with Gasteiger partial charge < -0.3 is 19.3 Å². The van der Waals surface area contributed by atoms with Gasteiger partial charge in [-0.1, -0.05) is 18.2 Å². The number of ether oxygens (including phenoxy) is 3. The Balaban J connectivity index is 2.29. The first-order valence-corrected chi connectivity index (χ1v) is 6.02. The Hall–Kier alpha value is -1.61. The Labute approximate surface area is 112 Å². The molecule has 5 nitrogen and oxygen atoms in total. The van der Waals surface area contributed by atoms with E-state index in [-0.39, 0.29) is 6.61 Å². The van der Waals surface area contributed by atoms with Crippen LogP contribution >= 0.6 is 0 Å². The van der Waals surface area contributed by atoms with E-state index < -0.39 is 17.8 Å². The minimum Gasteiger partial charge on any atom is -0.492 e. The summed E-state index contributed by atoms with van der Waals surface area (Å²) in [7, 11) is 2.86. The van der Waals surface area contributed by atoms with Crippen molar-refractivity contribution in [2.75, 3.05) is 20.8 Å². The summed E-state index contributed by atoms with van der Waals surface area (Å²) in [6, 6.07) is 9.68. The third kappa shape index (κ3) is 2.43. The number of aliphatic hydroxyl groups excluding tert-OH is 1. The lowest BCUT2D eigenvalue weighted by Crippen LogP contribution is -2.50. The van der Waals surface area contributed by atoms with Gasteiger partial charge in [0.25, 0.3) is 0 Å². The first kappa shape index (κ1) is 13.8. The van der Waals surface area contributed by atoms with Crippen molar-refractivity contribution in [1.82, 2.24) is 0 Å². The molecule has 0 bridgehead atoms. The maximum absolute atomic E-state index is 10.4. The van der Waals surface area contributed by atoms with Gasteiger partial charge in [-0.2, -0.15) is 5.26 Å². The highest BCUT2D eigenvalue weighted by Gasteiger charge is 2.46. The average molecular weight is 263 g/mol. The standard InChI is InChI=1S/C14H17NO4/c1-17-13(18-2)12(16)14(8-15)7-10-5-3-4-6-11(10)19-9-14/h3-6,12-13,16H,7,9H2,1-2H3. The van der Waals surface area contributed by atoms with Gasteiger partial charge in [0.1, 0.15) is 23.9 Å². The summed E-state index contributed by atoms with van der Waals surface area (Å²) < 4.78 is 15.7. The molecular weight excluding hydrogens is 246 g/mol. The summed E-state index contributed by atoms with van der Waals surface area (Å²) >= 11 is 0. The largest absolute Gasteiger partial charge is 0.492 e. The van der Waals surface area contributed by atoms with Crippen LogP contribution < -0.4 is 4.74 Å². The van der Waals surface area contributed by atoms with Gasteiger partial charge in [-0.3, -0.25) is 0 Å². The van der Waals surface area contributed by atoms with Gasteiger partial charge in [-0.05, 0) is 11.6 Å². The molecule has 1 aromatic rings. The Bertz CT molecular complexity index is 481. The fourth-order valence-electron chi connectivity index (χ4n) is 2.33. The number of nitrogens with zero attached hydrogens (tertiary/aromatic N) is 1. The molecular formula is C14H17NO4. The zero-order valence-corrected chi connectivity index (χ0v) is 11.0. The van der Waals surface area contributed by atoms with Crippen LogP contribution in [0.1, 0.15) is 5.56 Å². The maximum Gasteiger partial charge on any atom is 0.184 e. The fraction of sp³-hybridized carbons (Fsp3) is 0.500. The number of para-hydroxylation sites is 1.